The predicted octanol–water partition coefficient (Wildman–Crippen LogP) is 2.07. The van der Waals surface area contributed by atoms with Crippen molar-refractivity contribution in [2.75, 3.05) is 24.5 Å². The lowest BCUT2D eigenvalue weighted by Crippen LogP contribution is -2.40. The summed E-state index contributed by atoms with van der Waals surface area (Å²) in [6, 6.07) is 1.38. The van der Waals surface area contributed by atoms with E-state index in [1.807, 2.05) is 4.90 Å². The lowest BCUT2D eigenvalue weighted by molar-refractivity contribution is 0.0694. The van der Waals surface area contributed by atoms with E-state index in [4.69, 9.17) is 0 Å². The molecule has 8 heteroatoms. The second-order valence-electron chi connectivity index (χ2n) is 8.14. The SMILES string of the molecule is O=C(O)c1cn(C2CC2)c2c(O)c(N3C[C@H]4CCCN[C@H]4C3)c(F)cc2c1=O. The quantitative estimate of drug-likeness (QED) is 0.746. The number of carbonyl (C=O) groups is 1. The van der Waals surface area contributed by atoms with Gasteiger partial charge in [-0.1, -0.05) is 0 Å². The number of anilines is 1. The summed E-state index contributed by atoms with van der Waals surface area (Å²) < 4.78 is 16.7. The van der Waals surface area contributed by atoms with Crippen LogP contribution in [0.25, 0.3) is 10.9 Å². The molecule has 0 spiro atoms. The number of aromatic carboxylic acids is 1. The van der Waals surface area contributed by atoms with Crippen LogP contribution in [0.15, 0.2) is 17.1 Å². The number of aromatic hydroxyl groups is 1. The van der Waals surface area contributed by atoms with Crippen molar-refractivity contribution in [2.45, 2.75) is 37.8 Å². The van der Waals surface area contributed by atoms with Crippen LogP contribution in [-0.2, 0) is 0 Å². The zero-order valence-corrected chi connectivity index (χ0v) is 15.3. The van der Waals surface area contributed by atoms with Gasteiger partial charge in [-0.2, -0.15) is 0 Å². The van der Waals surface area contributed by atoms with Crippen molar-refractivity contribution in [3.8, 4) is 5.75 Å². The van der Waals surface area contributed by atoms with Gasteiger partial charge in [-0.3, -0.25) is 4.79 Å². The third-order valence-electron chi connectivity index (χ3n) is 6.30. The highest BCUT2D eigenvalue weighted by atomic mass is 19.1. The van der Waals surface area contributed by atoms with E-state index in [0.29, 0.717) is 19.0 Å². The molecule has 3 aliphatic rings. The molecule has 3 N–H and O–H groups in total. The Morgan fingerprint density at radius 1 is 1.25 bits per heavy atom. The Morgan fingerprint density at radius 3 is 2.71 bits per heavy atom. The van der Waals surface area contributed by atoms with Crippen LogP contribution in [0.2, 0.25) is 0 Å². The number of piperidine rings is 1. The number of aromatic nitrogens is 1. The zero-order chi connectivity index (χ0) is 19.6. The van der Waals surface area contributed by atoms with E-state index < -0.39 is 22.8 Å². The summed E-state index contributed by atoms with van der Waals surface area (Å²) in [6.45, 7) is 2.19. The van der Waals surface area contributed by atoms with E-state index in [1.54, 1.807) is 4.57 Å². The smallest absolute Gasteiger partial charge is 0.341 e. The fourth-order valence-electron chi connectivity index (χ4n) is 4.78. The molecule has 0 amide bonds. The number of phenolic OH excluding ortho intramolecular Hbond substituents is 1. The van der Waals surface area contributed by atoms with Crippen LogP contribution in [0.1, 0.15) is 42.1 Å². The molecule has 0 bridgehead atoms. The number of halogens is 1. The van der Waals surface area contributed by atoms with E-state index in [9.17, 15) is 19.8 Å². The van der Waals surface area contributed by atoms with Crippen molar-refractivity contribution in [1.82, 2.24) is 9.88 Å². The van der Waals surface area contributed by atoms with Gasteiger partial charge in [-0.15, -0.1) is 0 Å². The van der Waals surface area contributed by atoms with Gasteiger partial charge in [0.15, 0.2) is 11.6 Å². The predicted molar refractivity (Wildman–Crippen MR) is 102 cm³/mol. The molecule has 2 saturated heterocycles. The molecule has 3 fully saturated rings. The molecule has 2 atom stereocenters. The third-order valence-corrected chi connectivity index (χ3v) is 6.30. The van der Waals surface area contributed by atoms with Gasteiger partial charge in [0.2, 0.25) is 5.43 Å². The average molecular weight is 387 g/mol. The number of phenols is 1. The van der Waals surface area contributed by atoms with Crippen LogP contribution >= 0.6 is 0 Å². The number of hydrogen-bond donors (Lipinski definition) is 3. The van der Waals surface area contributed by atoms with E-state index in [-0.39, 0.29) is 34.4 Å². The van der Waals surface area contributed by atoms with E-state index >= 15 is 4.39 Å². The molecule has 1 saturated carbocycles. The Bertz CT molecular complexity index is 1030. The van der Waals surface area contributed by atoms with Gasteiger partial charge in [-0.25, -0.2) is 9.18 Å². The second kappa shape index (κ2) is 6.20. The molecule has 2 aliphatic heterocycles. The molecule has 7 nitrogen and oxygen atoms in total. The Balaban J connectivity index is 1.70. The third kappa shape index (κ3) is 2.58. The highest BCUT2D eigenvalue weighted by Gasteiger charge is 2.37. The Hall–Kier alpha value is -2.61. The van der Waals surface area contributed by atoms with Crippen LogP contribution in [-0.4, -0.2) is 46.4 Å². The number of carboxylic acid groups (broad SMARTS) is 1. The minimum Gasteiger partial charge on any atom is -0.504 e. The molecule has 148 valence electrons. The number of pyridine rings is 1. The van der Waals surface area contributed by atoms with Crippen LogP contribution in [0, 0.1) is 11.7 Å². The second-order valence-corrected chi connectivity index (χ2v) is 8.14. The maximum absolute atomic E-state index is 15.1. The van der Waals surface area contributed by atoms with Crippen LogP contribution in [0.3, 0.4) is 0 Å². The molecule has 2 aromatic rings. The van der Waals surface area contributed by atoms with Gasteiger partial charge in [0, 0.05) is 31.4 Å². The molecular formula is C20H22FN3O4. The summed E-state index contributed by atoms with van der Waals surface area (Å²) in [5, 5.41) is 23.8. The number of carboxylic acids is 1. The van der Waals surface area contributed by atoms with E-state index in [0.717, 1.165) is 38.3 Å². The first-order valence-corrected chi connectivity index (χ1v) is 9.77. The van der Waals surface area contributed by atoms with Crippen molar-refractivity contribution < 1.29 is 19.4 Å². The van der Waals surface area contributed by atoms with Crippen LogP contribution in [0.5, 0.6) is 5.75 Å². The van der Waals surface area contributed by atoms with Crippen LogP contribution in [0.4, 0.5) is 10.1 Å². The number of rotatable bonds is 3. The molecular weight excluding hydrogens is 365 g/mol. The molecule has 3 heterocycles. The zero-order valence-electron chi connectivity index (χ0n) is 15.3. The summed E-state index contributed by atoms with van der Waals surface area (Å²) in [5.41, 5.74) is -0.823. The van der Waals surface area contributed by atoms with Gasteiger partial charge in [0.05, 0.1) is 10.9 Å². The van der Waals surface area contributed by atoms with Crippen molar-refractivity contribution in [2.24, 2.45) is 5.92 Å². The molecule has 0 unspecified atom stereocenters. The van der Waals surface area contributed by atoms with Gasteiger partial charge in [0.1, 0.15) is 11.3 Å². The molecule has 28 heavy (non-hydrogen) atoms. The Labute approximate surface area is 160 Å². The number of hydrogen-bond acceptors (Lipinski definition) is 5. The lowest BCUT2D eigenvalue weighted by atomic mass is 9.94. The first-order chi connectivity index (χ1) is 13.5. The van der Waals surface area contributed by atoms with Crippen molar-refractivity contribution >= 4 is 22.6 Å². The number of fused-ring (bicyclic) bond motifs is 2. The fourth-order valence-corrected chi connectivity index (χ4v) is 4.78. The Morgan fingerprint density at radius 2 is 2.04 bits per heavy atom. The van der Waals surface area contributed by atoms with Gasteiger partial charge in [0.25, 0.3) is 0 Å². The van der Waals surface area contributed by atoms with E-state index in [2.05, 4.69) is 5.32 Å². The van der Waals surface area contributed by atoms with E-state index in [1.165, 1.54) is 6.20 Å². The summed E-state index contributed by atoms with van der Waals surface area (Å²) in [7, 11) is 0. The highest BCUT2D eigenvalue weighted by Crippen LogP contribution is 2.44. The largest absolute Gasteiger partial charge is 0.504 e. The average Bonchev–Trinajstić information content (AvgIpc) is 3.41. The number of nitrogens with one attached hydrogen (secondary N) is 1. The topological polar surface area (TPSA) is 94.8 Å². The maximum Gasteiger partial charge on any atom is 0.341 e. The van der Waals surface area contributed by atoms with Gasteiger partial charge < -0.3 is 25.0 Å². The summed E-state index contributed by atoms with van der Waals surface area (Å²) in [4.78, 5) is 25.9. The summed E-state index contributed by atoms with van der Waals surface area (Å²) in [6.07, 6.45) is 5.11. The normalized spacial score (nSPS) is 24.5. The highest BCUT2D eigenvalue weighted by molar-refractivity contribution is 5.97. The molecule has 1 aliphatic carbocycles. The van der Waals surface area contributed by atoms with Gasteiger partial charge >= 0.3 is 5.97 Å². The minimum atomic E-state index is -1.35. The fraction of sp³-hybridized carbons (Fsp3) is 0.500. The molecule has 1 aromatic heterocycles. The van der Waals surface area contributed by atoms with Gasteiger partial charge in [-0.05, 0) is 44.2 Å². The first kappa shape index (κ1) is 17.5. The maximum atomic E-state index is 15.1. The summed E-state index contributed by atoms with van der Waals surface area (Å²) in [5.74, 6) is -1.90. The standard InChI is InChI=1S/C20H22FN3O4/c21-14-6-12-16(24(11-3-4-11)8-13(18(12)25)20(27)28)19(26)17(14)23-7-10-2-1-5-22-15(10)9-23/h6,8,10-11,15,22,26H,1-5,7,9H2,(H,27,28)/t10-,15+/m1/s1. The molecule has 5 rings (SSSR count). The molecule has 1 aromatic carbocycles. The van der Waals surface area contributed by atoms with Crippen LogP contribution < -0.4 is 15.6 Å². The first-order valence-electron chi connectivity index (χ1n) is 9.77. The number of nitrogens with zero attached hydrogens (tertiary/aromatic N) is 2. The number of benzene rings is 1. The monoisotopic (exact) mass is 387 g/mol. The minimum absolute atomic E-state index is 0.0215. The van der Waals surface area contributed by atoms with Crippen molar-refractivity contribution in [1.29, 1.82) is 0 Å². The molecule has 0 radical (unpaired) electrons. The van der Waals surface area contributed by atoms with Crippen molar-refractivity contribution in [3.63, 3.8) is 0 Å². The Kier molecular flexibility index (Phi) is 3.87. The summed E-state index contributed by atoms with van der Waals surface area (Å²) >= 11 is 0. The van der Waals surface area contributed by atoms with Crippen molar-refractivity contribution in [3.05, 3.63) is 33.9 Å². The lowest BCUT2D eigenvalue weighted by Gasteiger charge is -2.24.